The van der Waals surface area contributed by atoms with Crippen molar-refractivity contribution in [3.63, 3.8) is 0 Å². The lowest BCUT2D eigenvalue weighted by Crippen LogP contribution is -2.47. The Morgan fingerprint density at radius 3 is 2.93 bits per heavy atom. The van der Waals surface area contributed by atoms with Crippen molar-refractivity contribution >= 4 is 6.03 Å². The molecule has 146 valence electrons. The zero-order chi connectivity index (χ0) is 19.2. The van der Waals surface area contributed by atoms with Crippen LogP contribution in [-0.2, 0) is 11.3 Å². The number of halogens is 2. The zero-order valence-corrected chi connectivity index (χ0v) is 15.1. The van der Waals surface area contributed by atoms with Gasteiger partial charge in [-0.25, -0.2) is 13.6 Å². The van der Waals surface area contributed by atoms with E-state index in [1.54, 1.807) is 4.90 Å². The molecule has 3 rings (SSSR count). The maximum Gasteiger partial charge on any atom is 0.317 e. The molecule has 0 bridgehead atoms. The van der Waals surface area contributed by atoms with Crippen LogP contribution < -0.4 is 5.32 Å². The van der Waals surface area contributed by atoms with Crippen molar-refractivity contribution in [2.45, 2.75) is 38.8 Å². The minimum absolute atomic E-state index is 0.00457. The van der Waals surface area contributed by atoms with Gasteiger partial charge in [0.15, 0.2) is 5.82 Å². The number of urea groups is 1. The summed E-state index contributed by atoms with van der Waals surface area (Å²) in [6, 6.07) is 3.21. The smallest absolute Gasteiger partial charge is 0.317 e. The first-order valence-corrected chi connectivity index (χ1v) is 8.99. The molecule has 1 fully saturated rings. The van der Waals surface area contributed by atoms with Crippen LogP contribution in [0.25, 0.3) is 11.5 Å². The molecule has 0 radical (unpaired) electrons. The Bertz CT molecular complexity index is 763. The molecule has 0 aliphatic carbocycles. The zero-order valence-electron chi connectivity index (χ0n) is 15.1. The summed E-state index contributed by atoms with van der Waals surface area (Å²) in [5.41, 5.74) is -0.380. The van der Waals surface area contributed by atoms with E-state index in [1.165, 1.54) is 6.07 Å². The second-order valence-corrected chi connectivity index (χ2v) is 6.35. The second kappa shape index (κ2) is 8.90. The Morgan fingerprint density at radius 2 is 2.19 bits per heavy atom. The molecule has 27 heavy (non-hydrogen) atoms. The third kappa shape index (κ3) is 4.79. The molecule has 1 aromatic carbocycles. The van der Waals surface area contributed by atoms with Gasteiger partial charge in [0, 0.05) is 19.7 Å². The van der Waals surface area contributed by atoms with Crippen LogP contribution >= 0.6 is 0 Å². The summed E-state index contributed by atoms with van der Waals surface area (Å²) in [6.07, 6.45) is 2.79. The standard InChI is InChI=1S/C18H22F2N4O3/c1-2-9-26-12-5-4-8-24(11-12)18(25)21-10-15-22-17(27-23-15)16-13(19)6-3-7-14(16)20/h3,6-7,12H,2,4-5,8-11H2,1H3,(H,21,25). The fourth-order valence-electron chi connectivity index (χ4n) is 2.94. The predicted octanol–water partition coefficient (Wildman–Crippen LogP) is 3.12. The van der Waals surface area contributed by atoms with Crippen molar-refractivity contribution in [2.24, 2.45) is 0 Å². The van der Waals surface area contributed by atoms with Crippen molar-refractivity contribution in [2.75, 3.05) is 19.7 Å². The molecule has 1 aromatic heterocycles. The van der Waals surface area contributed by atoms with Gasteiger partial charge in [-0.1, -0.05) is 18.1 Å². The van der Waals surface area contributed by atoms with Crippen LogP contribution in [0.1, 0.15) is 32.0 Å². The molecule has 0 saturated carbocycles. The van der Waals surface area contributed by atoms with Crippen LogP contribution in [0.15, 0.2) is 22.7 Å². The normalized spacial score (nSPS) is 17.1. The van der Waals surface area contributed by atoms with Gasteiger partial charge >= 0.3 is 6.03 Å². The Morgan fingerprint density at radius 1 is 1.41 bits per heavy atom. The second-order valence-electron chi connectivity index (χ2n) is 6.35. The van der Waals surface area contributed by atoms with Crippen molar-refractivity contribution in [1.29, 1.82) is 0 Å². The van der Waals surface area contributed by atoms with Gasteiger partial charge in [-0.3, -0.25) is 0 Å². The van der Waals surface area contributed by atoms with E-state index in [4.69, 9.17) is 9.26 Å². The Balaban J connectivity index is 1.56. The van der Waals surface area contributed by atoms with Gasteiger partial charge < -0.3 is 19.5 Å². The average molecular weight is 380 g/mol. The van der Waals surface area contributed by atoms with Crippen LogP contribution in [0.4, 0.5) is 13.6 Å². The van der Waals surface area contributed by atoms with E-state index in [2.05, 4.69) is 15.5 Å². The lowest BCUT2D eigenvalue weighted by atomic mass is 10.1. The largest absolute Gasteiger partial charge is 0.376 e. The van der Waals surface area contributed by atoms with Gasteiger partial charge in [-0.05, 0) is 31.4 Å². The number of piperidine rings is 1. The number of benzene rings is 1. The summed E-state index contributed by atoms with van der Waals surface area (Å²) < 4.78 is 38.2. The lowest BCUT2D eigenvalue weighted by Gasteiger charge is -2.32. The minimum atomic E-state index is -0.791. The number of aromatic nitrogens is 2. The number of carbonyl (C=O) groups is 1. The number of nitrogens with zero attached hydrogens (tertiary/aromatic N) is 3. The third-order valence-corrected chi connectivity index (χ3v) is 4.27. The third-order valence-electron chi connectivity index (χ3n) is 4.27. The van der Waals surface area contributed by atoms with Crippen molar-refractivity contribution in [1.82, 2.24) is 20.4 Å². The molecule has 2 heterocycles. The van der Waals surface area contributed by atoms with E-state index in [9.17, 15) is 13.6 Å². The predicted molar refractivity (Wildman–Crippen MR) is 92.7 cm³/mol. The van der Waals surface area contributed by atoms with Gasteiger partial charge in [-0.2, -0.15) is 4.98 Å². The van der Waals surface area contributed by atoms with E-state index >= 15 is 0 Å². The molecular formula is C18H22F2N4O3. The van der Waals surface area contributed by atoms with Crippen molar-refractivity contribution in [3.05, 3.63) is 35.7 Å². The number of likely N-dealkylation sites (tertiary alicyclic amines) is 1. The van der Waals surface area contributed by atoms with Gasteiger partial charge in [0.2, 0.25) is 0 Å². The maximum absolute atomic E-state index is 13.8. The fraction of sp³-hybridized carbons (Fsp3) is 0.500. The summed E-state index contributed by atoms with van der Waals surface area (Å²) in [6.45, 7) is 3.90. The number of ether oxygens (including phenoxy) is 1. The van der Waals surface area contributed by atoms with Gasteiger partial charge in [0.25, 0.3) is 5.89 Å². The summed E-state index contributed by atoms with van der Waals surface area (Å²) in [5, 5.41) is 6.37. The van der Waals surface area contributed by atoms with Crippen LogP contribution in [0.3, 0.4) is 0 Å². The summed E-state index contributed by atoms with van der Waals surface area (Å²) >= 11 is 0. The van der Waals surface area contributed by atoms with Crippen molar-refractivity contribution in [3.8, 4) is 11.5 Å². The number of rotatable bonds is 6. The average Bonchev–Trinajstić information content (AvgIpc) is 3.13. The molecular weight excluding hydrogens is 358 g/mol. The van der Waals surface area contributed by atoms with Crippen molar-refractivity contribution < 1.29 is 22.8 Å². The number of carbonyl (C=O) groups excluding carboxylic acids is 1. The summed E-state index contributed by atoms with van der Waals surface area (Å²) in [4.78, 5) is 18.0. The Hall–Kier alpha value is -2.55. The molecule has 0 spiro atoms. The number of amides is 2. The molecule has 7 nitrogen and oxygen atoms in total. The van der Waals surface area contributed by atoms with Crippen LogP contribution in [0, 0.1) is 11.6 Å². The first-order valence-electron chi connectivity index (χ1n) is 8.99. The molecule has 1 aliphatic rings. The molecule has 1 aliphatic heterocycles. The monoisotopic (exact) mass is 380 g/mol. The van der Waals surface area contributed by atoms with E-state index in [0.29, 0.717) is 19.7 Å². The highest BCUT2D eigenvalue weighted by Crippen LogP contribution is 2.24. The lowest BCUT2D eigenvalue weighted by molar-refractivity contribution is 0.00999. The van der Waals surface area contributed by atoms with Gasteiger partial charge in [-0.15, -0.1) is 0 Å². The number of hydrogen-bond acceptors (Lipinski definition) is 5. The first kappa shape index (κ1) is 19.2. The molecule has 9 heteroatoms. The summed E-state index contributed by atoms with van der Waals surface area (Å²) in [5.74, 6) is -1.71. The highest BCUT2D eigenvalue weighted by atomic mass is 19.1. The molecule has 1 saturated heterocycles. The van der Waals surface area contributed by atoms with Crippen LogP contribution in [0.5, 0.6) is 0 Å². The first-order chi connectivity index (χ1) is 13.1. The molecule has 1 unspecified atom stereocenters. The number of hydrogen-bond donors (Lipinski definition) is 1. The van der Waals surface area contributed by atoms with Crippen LogP contribution in [0.2, 0.25) is 0 Å². The van der Waals surface area contributed by atoms with E-state index in [-0.39, 0.29) is 36.0 Å². The quantitative estimate of drug-likeness (QED) is 0.833. The van der Waals surface area contributed by atoms with E-state index in [1.807, 2.05) is 6.92 Å². The Kier molecular flexibility index (Phi) is 6.33. The minimum Gasteiger partial charge on any atom is -0.376 e. The van der Waals surface area contributed by atoms with Crippen LogP contribution in [-0.4, -0.2) is 46.9 Å². The van der Waals surface area contributed by atoms with Gasteiger partial charge in [0.1, 0.15) is 17.2 Å². The molecule has 2 amide bonds. The molecule has 2 aromatic rings. The maximum atomic E-state index is 13.8. The highest BCUT2D eigenvalue weighted by molar-refractivity contribution is 5.74. The Labute approximate surface area is 155 Å². The van der Waals surface area contributed by atoms with Gasteiger partial charge in [0.05, 0.1) is 12.6 Å². The SMILES string of the molecule is CCCOC1CCCN(C(=O)NCc2noc(-c3c(F)cccc3F)n2)C1. The number of nitrogens with one attached hydrogen (secondary N) is 1. The van der Waals surface area contributed by atoms with E-state index < -0.39 is 11.6 Å². The molecule has 1 N–H and O–H groups in total. The topological polar surface area (TPSA) is 80.5 Å². The highest BCUT2D eigenvalue weighted by Gasteiger charge is 2.24. The summed E-state index contributed by atoms with van der Waals surface area (Å²) in [7, 11) is 0. The molecule has 1 atom stereocenters. The van der Waals surface area contributed by atoms with E-state index in [0.717, 1.165) is 31.4 Å². The fourth-order valence-corrected chi connectivity index (χ4v) is 2.94.